The Morgan fingerprint density at radius 2 is 2.18 bits per heavy atom. The van der Waals surface area contributed by atoms with Gasteiger partial charge in [0.05, 0.1) is 30.8 Å². The zero-order valence-electron chi connectivity index (χ0n) is 10.2. The van der Waals surface area contributed by atoms with Crippen LogP contribution in [0.5, 0.6) is 0 Å². The Hall–Kier alpha value is -1.53. The fourth-order valence-corrected chi connectivity index (χ4v) is 1.03. The van der Waals surface area contributed by atoms with Gasteiger partial charge in [-0.2, -0.15) is 0 Å². The molecule has 1 atom stereocenters. The number of anilines is 1. The van der Waals surface area contributed by atoms with E-state index in [0.29, 0.717) is 5.82 Å². The van der Waals surface area contributed by atoms with Gasteiger partial charge in [-0.1, -0.05) is 0 Å². The summed E-state index contributed by atoms with van der Waals surface area (Å²) in [5, 5.41) is 11.9. The first kappa shape index (κ1) is 13.5. The van der Waals surface area contributed by atoms with E-state index in [1.165, 1.54) is 12.4 Å². The van der Waals surface area contributed by atoms with Gasteiger partial charge in [-0.25, -0.2) is 4.98 Å². The highest BCUT2D eigenvalue weighted by Gasteiger charge is 2.16. The lowest BCUT2D eigenvalue weighted by atomic mass is 10.3. The third kappa shape index (κ3) is 4.88. The van der Waals surface area contributed by atoms with Crippen molar-refractivity contribution in [3.05, 3.63) is 18.1 Å². The molecular weight excluding hydrogens is 222 g/mol. The summed E-state index contributed by atoms with van der Waals surface area (Å²) in [5.41, 5.74) is 0.756. The number of nitrogens with zero attached hydrogens (tertiary/aromatic N) is 2. The van der Waals surface area contributed by atoms with Crippen LogP contribution in [0.25, 0.3) is 0 Å². The number of aliphatic hydroxyl groups excluding tert-OH is 1. The molecule has 1 rings (SSSR count). The summed E-state index contributed by atoms with van der Waals surface area (Å²) in [6.07, 6.45) is 1.73. The van der Waals surface area contributed by atoms with Crippen molar-refractivity contribution >= 4 is 11.7 Å². The van der Waals surface area contributed by atoms with Crippen molar-refractivity contribution in [2.45, 2.75) is 33.0 Å². The zero-order chi connectivity index (χ0) is 12.8. The fraction of sp³-hybridized carbons (Fsp3) is 0.545. The Bertz CT molecular complexity index is 365. The van der Waals surface area contributed by atoms with Crippen LogP contribution >= 0.6 is 0 Å². The topological polar surface area (TPSA) is 84.3 Å². The molecule has 0 saturated heterocycles. The normalized spacial score (nSPS) is 12.5. The monoisotopic (exact) mass is 239 g/mol. The third-order valence-corrected chi connectivity index (χ3v) is 1.92. The summed E-state index contributed by atoms with van der Waals surface area (Å²) in [4.78, 5) is 19.4. The maximum atomic E-state index is 11.5. The van der Waals surface area contributed by atoms with Gasteiger partial charge in [0.25, 0.3) is 5.91 Å². The van der Waals surface area contributed by atoms with Gasteiger partial charge in [0.2, 0.25) is 0 Å². The Morgan fingerprint density at radius 3 is 2.71 bits per heavy atom. The van der Waals surface area contributed by atoms with Crippen molar-refractivity contribution in [1.82, 2.24) is 9.97 Å². The summed E-state index contributed by atoms with van der Waals surface area (Å²) in [6, 6.07) is 0. The minimum Gasteiger partial charge on any atom is -0.381 e. The maximum Gasteiger partial charge on any atom is 0.256 e. The standard InChI is InChI=1S/C11H17N3O3/c1-7(2)17-6-9(15)11(16)14-10-5-12-8(3)4-13-10/h4-5,7,9,15H,6H2,1-3H3,(H,13,14,16)/t9-/m0/s1. The SMILES string of the molecule is Cc1cnc(NC(=O)[C@@H](O)COC(C)C)cn1. The van der Waals surface area contributed by atoms with Crippen molar-refractivity contribution in [1.29, 1.82) is 0 Å². The summed E-state index contributed by atoms with van der Waals surface area (Å²) < 4.78 is 5.13. The summed E-state index contributed by atoms with van der Waals surface area (Å²) in [5.74, 6) is -0.243. The Kier molecular flexibility index (Phi) is 4.99. The average molecular weight is 239 g/mol. The number of carbonyl (C=O) groups is 1. The lowest BCUT2D eigenvalue weighted by Crippen LogP contribution is -2.33. The predicted molar refractivity (Wildman–Crippen MR) is 62.5 cm³/mol. The van der Waals surface area contributed by atoms with E-state index in [1.54, 1.807) is 6.92 Å². The predicted octanol–water partition coefficient (Wildman–Crippen LogP) is 0.509. The van der Waals surface area contributed by atoms with Crippen LogP contribution in [-0.2, 0) is 9.53 Å². The van der Waals surface area contributed by atoms with Crippen molar-refractivity contribution < 1.29 is 14.6 Å². The molecule has 6 nitrogen and oxygen atoms in total. The fourth-order valence-electron chi connectivity index (χ4n) is 1.03. The highest BCUT2D eigenvalue weighted by atomic mass is 16.5. The summed E-state index contributed by atoms with van der Waals surface area (Å²) in [7, 11) is 0. The molecule has 1 aromatic rings. The van der Waals surface area contributed by atoms with Crippen LogP contribution in [0.4, 0.5) is 5.82 Å². The van der Waals surface area contributed by atoms with Crippen LogP contribution in [0, 0.1) is 6.92 Å². The Balaban J connectivity index is 2.45. The van der Waals surface area contributed by atoms with E-state index < -0.39 is 12.0 Å². The lowest BCUT2D eigenvalue weighted by molar-refractivity contribution is -0.127. The molecule has 6 heteroatoms. The van der Waals surface area contributed by atoms with Crippen LogP contribution in [0.3, 0.4) is 0 Å². The van der Waals surface area contributed by atoms with Gasteiger partial charge in [0, 0.05) is 0 Å². The van der Waals surface area contributed by atoms with Gasteiger partial charge >= 0.3 is 0 Å². The van der Waals surface area contributed by atoms with Crippen molar-refractivity contribution in [2.24, 2.45) is 0 Å². The average Bonchev–Trinajstić information content (AvgIpc) is 2.28. The van der Waals surface area contributed by atoms with Gasteiger partial charge < -0.3 is 15.2 Å². The first-order valence-electron chi connectivity index (χ1n) is 5.38. The van der Waals surface area contributed by atoms with Crippen molar-refractivity contribution in [3.8, 4) is 0 Å². The number of aryl methyl sites for hydroxylation is 1. The minimum atomic E-state index is -1.21. The van der Waals surface area contributed by atoms with E-state index in [9.17, 15) is 9.90 Å². The van der Waals surface area contributed by atoms with E-state index in [2.05, 4.69) is 15.3 Å². The molecule has 0 spiro atoms. The molecular formula is C11H17N3O3. The lowest BCUT2D eigenvalue weighted by Gasteiger charge is -2.13. The quantitative estimate of drug-likeness (QED) is 0.782. The number of hydrogen-bond donors (Lipinski definition) is 2. The number of aromatic nitrogens is 2. The molecule has 17 heavy (non-hydrogen) atoms. The van der Waals surface area contributed by atoms with Crippen LogP contribution in [0.1, 0.15) is 19.5 Å². The molecule has 0 aliphatic carbocycles. The van der Waals surface area contributed by atoms with Crippen LogP contribution < -0.4 is 5.32 Å². The molecule has 0 unspecified atom stereocenters. The van der Waals surface area contributed by atoms with Crippen LogP contribution in [0.2, 0.25) is 0 Å². The van der Waals surface area contributed by atoms with Gasteiger partial charge in [0.1, 0.15) is 0 Å². The first-order valence-corrected chi connectivity index (χ1v) is 5.38. The number of nitrogens with one attached hydrogen (secondary N) is 1. The van der Waals surface area contributed by atoms with E-state index in [4.69, 9.17) is 4.74 Å². The second kappa shape index (κ2) is 6.27. The molecule has 0 radical (unpaired) electrons. The van der Waals surface area contributed by atoms with Gasteiger partial charge in [-0.05, 0) is 20.8 Å². The summed E-state index contributed by atoms with van der Waals surface area (Å²) >= 11 is 0. The van der Waals surface area contributed by atoms with E-state index in [1.807, 2.05) is 13.8 Å². The molecule has 2 N–H and O–H groups in total. The maximum absolute atomic E-state index is 11.5. The second-order valence-electron chi connectivity index (χ2n) is 3.93. The molecule has 0 fully saturated rings. The number of hydrogen-bond acceptors (Lipinski definition) is 5. The smallest absolute Gasteiger partial charge is 0.256 e. The molecule has 0 saturated carbocycles. The number of ether oxygens (including phenoxy) is 1. The molecule has 0 bridgehead atoms. The summed E-state index contributed by atoms with van der Waals surface area (Å²) in [6.45, 7) is 5.42. The Labute approximate surface area is 100 Å². The molecule has 0 aliphatic heterocycles. The number of rotatable bonds is 5. The van der Waals surface area contributed by atoms with E-state index in [0.717, 1.165) is 5.69 Å². The molecule has 0 aliphatic rings. The minimum absolute atomic E-state index is 0.0309. The molecule has 1 heterocycles. The van der Waals surface area contributed by atoms with Gasteiger partial charge in [-0.3, -0.25) is 9.78 Å². The second-order valence-corrected chi connectivity index (χ2v) is 3.93. The van der Waals surface area contributed by atoms with Gasteiger partial charge in [0.15, 0.2) is 11.9 Å². The van der Waals surface area contributed by atoms with Crippen molar-refractivity contribution in [2.75, 3.05) is 11.9 Å². The zero-order valence-corrected chi connectivity index (χ0v) is 10.2. The molecule has 1 aromatic heterocycles. The first-order chi connectivity index (χ1) is 7.99. The van der Waals surface area contributed by atoms with Crippen LogP contribution in [0.15, 0.2) is 12.4 Å². The number of amides is 1. The van der Waals surface area contributed by atoms with Crippen LogP contribution in [-0.4, -0.2) is 39.8 Å². The molecule has 94 valence electrons. The number of aliphatic hydroxyl groups is 1. The van der Waals surface area contributed by atoms with E-state index in [-0.39, 0.29) is 12.7 Å². The Morgan fingerprint density at radius 1 is 1.47 bits per heavy atom. The van der Waals surface area contributed by atoms with Crippen molar-refractivity contribution in [3.63, 3.8) is 0 Å². The highest BCUT2D eigenvalue weighted by Crippen LogP contribution is 2.02. The largest absolute Gasteiger partial charge is 0.381 e. The number of carbonyl (C=O) groups excluding carboxylic acids is 1. The highest BCUT2D eigenvalue weighted by molar-refractivity contribution is 5.93. The van der Waals surface area contributed by atoms with E-state index >= 15 is 0 Å². The third-order valence-electron chi connectivity index (χ3n) is 1.92. The molecule has 0 aromatic carbocycles. The molecule has 1 amide bonds. The van der Waals surface area contributed by atoms with Gasteiger partial charge in [-0.15, -0.1) is 0 Å².